The van der Waals surface area contributed by atoms with Crippen molar-refractivity contribution in [1.29, 1.82) is 0 Å². The van der Waals surface area contributed by atoms with E-state index in [9.17, 15) is 4.79 Å². The summed E-state index contributed by atoms with van der Waals surface area (Å²) in [6, 6.07) is 21.1. The largest absolute Gasteiger partial charge is 0.381 e. The van der Waals surface area contributed by atoms with Crippen LogP contribution in [0.15, 0.2) is 66.9 Å². The van der Waals surface area contributed by atoms with Crippen LogP contribution in [0.2, 0.25) is 0 Å². The van der Waals surface area contributed by atoms with Gasteiger partial charge in [0.05, 0.1) is 6.42 Å². The Hall–Kier alpha value is -3.58. The predicted molar refractivity (Wildman–Crippen MR) is 140 cm³/mol. The van der Waals surface area contributed by atoms with Crippen LogP contribution in [-0.2, 0) is 17.8 Å². The van der Waals surface area contributed by atoms with E-state index in [4.69, 9.17) is 5.73 Å². The first-order chi connectivity index (χ1) is 16.5. The summed E-state index contributed by atoms with van der Waals surface area (Å²) in [6.07, 6.45) is 1.85. The molecule has 3 aromatic rings. The van der Waals surface area contributed by atoms with Crippen LogP contribution in [0.3, 0.4) is 0 Å². The molecule has 0 unspecified atom stereocenters. The van der Waals surface area contributed by atoms with Gasteiger partial charge >= 0.3 is 0 Å². The van der Waals surface area contributed by atoms with E-state index in [-0.39, 0.29) is 12.3 Å². The minimum absolute atomic E-state index is 0.142. The number of amides is 1. The monoisotopic (exact) mass is 458 g/mol. The molecule has 1 aliphatic rings. The number of carbonyl (C=O) groups excluding carboxylic acids is 1. The van der Waals surface area contributed by atoms with E-state index in [1.165, 1.54) is 5.69 Å². The van der Waals surface area contributed by atoms with Crippen LogP contribution in [0.4, 0.5) is 22.9 Å². The van der Waals surface area contributed by atoms with E-state index in [0.717, 1.165) is 48.7 Å². The number of anilines is 4. The molecule has 4 N–H and O–H groups in total. The summed E-state index contributed by atoms with van der Waals surface area (Å²) in [5.74, 6) is 0.331. The lowest BCUT2D eigenvalue weighted by Gasteiger charge is -2.38. The van der Waals surface area contributed by atoms with Crippen molar-refractivity contribution in [3.63, 3.8) is 0 Å². The number of rotatable bonds is 9. The smallest absolute Gasteiger partial charge is 0.221 e. The summed E-state index contributed by atoms with van der Waals surface area (Å²) >= 11 is 0. The Morgan fingerprint density at radius 1 is 1.03 bits per heavy atom. The molecule has 0 saturated carbocycles. The summed E-state index contributed by atoms with van der Waals surface area (Å²) in [6.45, 7) is 9.44. The number of primary amides is 1. The van der Waals surface area contributed by atoms with E-state index < -0.39 is 0 Å². The predicted octanol–water partition coefficient (Wildman–Crippen LogP) is 4.00. The molecule has 0 radical (unpaired) electrons. The Morgan fingerprint density at radius 3 is 2.38 bits per heavy atom. The van der Waals surface area contributed by atoms with E-state index in [0.29, 0.717) is 18.4 Å². The quantitative estimate of drug-likeness (QED) is 0.449. The van der Waals surface area contributed by atoms with Gasteiger partial charge in [-0.2, -0.15) is 0 Å². The van der Waals surface area contributed by atoms with Crippen LogP contribution in [0, 0.1) is 0 Å². The van der Waals surface area contributed by atoms with Gasteiger partial charge in [0.15, 0.2) is 0 Å². The number of hydrogen-bond donors (Lipinski definition) is 3. The molecule has 2 aromatic carbocycles. The van der Waals surface area contributed by atoms with E-state index in [1.807, 2.05) is 24.3 Å². The van der Waals surface area contributed by atoms with E-state index in [2.05, 4.69) is 75.7 Å². The number of nitrogens with two attached hydrogens (primary N) is 1. The van der Waals surface area contributed by atoms with Crippen LogP contribution < -0.4 is 21.3 Å². The summed E-state index contributed by atoms with van der Waals surface area (Å²) in [5.41, 5.74) is 10.4. The SMILES string of the molecule is CC(C)N1CCN(c2ccc(Nc3cc(NCc4ccccc4)c(CC(N)=O)cn3)cc2)CC1. The topological polar surface area (TPSA) is 86.5 Å². The number of benzene rings is 2. The zero-order valence-electron chi connectivity index (χ0n) is 20.0. The van der Waals surface area contributed by atoms with E-state index in [1.54, 1.807) is 6.20 Å². The minimum Gasteiger partial charge on any atom is -0.381 e. The van der Waals surface area contributed by atoms with Gasteiger partial charge in [-0.1, -0.05) is 30.3 Å². The van der Waals surface area contributed by atoms with Gasteiger partial charge in [0.2, 0.25) is 5.91 Å². The molecular weight excluding hydrogens is 424 g/mol. The van der Waals surface area contributed by atoms with Crippen molar-refractivity contribution in [3.8, 4) is 0 Å². The van der Waals surface area contributed by atoms with Gasteiger partial charge in [-0.15, -0.1) is 0 Å². The molecular formula is C27H34N6O. The molecule has 0 bridgehead atoms. The number of piperazine rings is 1. The first-order valence-electron chi connectivity index (χ1n) is 11.9. The highest BCUT2D eigenvalue weighted by molar-refractivity contribution is 5.79. The molecule has 1 fully saturated rings. The molecule has 1 amide bonds. The second-order valence-corrected chi connectivity index (χ2v) is 9.00. The standard InChI is InChI=1S/C27H34N6O/c1-20(2)32-12-14-33(15-13-32)24-10-8-23(9-11-24)31-27-17-25(22(19-30-27)16-26(28)34)29-18-21-6-4-3-5-7-21/h3-11,17,19-20H,12-16,18H2,1-2H3,(H2,28,34)(H2,29,30,31). The van der Waals surface area contributed by atoms with Crippen molar-refractivity contribution in [1.82, 2.24) is 9.88 Å². The third-order valence-electron chi connectivity index (χ3n) is 6.23. The summed E-state index contributed by atoms with van der Waals surface area (Å²) in [7, 11) is 0. The first-order valence-corrected chi connectivity index (χ1v) is 11.9. The van der Waals surface area contributed by atoms with Gasteiger partial charge < -0.3 is 21.3 Å². The fourth-order valence-corrected chi connectivity index (χ4v) is 4.24. The maximum atomic E-state index is 11.5. The lowest BCUT2D eigenvalue weighted by Crippen LogP contribution is -2.48. The number of nitrogens with one attached hydrogen (secondary N) is 2. The first kappa shape index (κ1) is 23.6. The molecule has 1 aliphatic heterocycles. The van der Waals surface area contributed by atoms with Gasteiger partial charge in [0.25, 0.3) is 0 Å². The maximum absolute atomic E-state index is 11.5. The van der Waals surface area contributed by atoms with Crippen LogP contribution >= 0.6 is 0 Å². The number of hydrogen-bond acceptors (Lipinski definition) is 6. The number of pyridine rings is 1. The molecule has 34 heavy (non-hydrogen) atoms. The van der Waals surface area contributed by atoms with Crippen molar-refractivity contribution >= 4 is 28.8 Å². The molecule has 178 valence electrons. The second kappa shape index (κ2) is 11.0. The maximum Gasteiger partial charge on any atom is 0.221 e. The second-order valence-electron chi connectivity index (χ2n) is 9.00. The molecule has 1 aromatic heterocycles. The van der Waals surface area contributed by atoms with Crippen LogP contribution in [0.1, 0.15) is 25.0 Å². The van der Waals surface area contributed by atoms with Crippen molar-refractivity contribution in [2.24, 2.45) is 5.73 Å². The summed E-state index contributed by atoms with van der Waals surface area (Å²) in [5, 5.41) is 6.81. The van der Waals surface area contributed by atoms with Gasteiger partial charge in [-0.05, 0) is 43.7 Å². The molecule has 4 rings (SSSR count). The molecule has 0 spiro atoms. The molecule has 0 atom stereocenters. The van der Waals surface area contributed by atoms with Crippen LogP contribution in [-0.4, -0.2) is 48.0 Å². The van der Waals surface area contributed by atoms with Gasteiger partial charge in [-0.3, -0.25) is 9.69 Å². The number of aromatic nitrogens is 1. The lowest BCUT2D eigenvalue weighted by molar-refractivity contribution is -0.117. The van der Waals surface area contributed by atoms with Crippen molar-refractivity contribution in [2.45, 2.75) is 32.9 Å². The Morgan fingerprint density at radius 2 is 1.74 bits per heavy atom. The summed E-state index contributed by atoms with van der Waals surface area (Å²) < 4.78 is 0. The number of nitrogens with zero attached hydrogens (tertiary/aromatic N) is 3. The van der Waals surface area contributed by atoms with Gasteiger partial charge in [-0.25, -0.2) is 4.98 Å². The number of carbonyl (C=O) groups is 1. The van der Waals surface area contributed by atoms with Crippen LogP contribution in [0.5, 0.6) is 0 Å². The van der Waals surface area contributed by atoms with E-state index >= 15 is 0 Å². The highest BCUT2D eigenvalue weighted by Crippen LogP contribution is 2.25. The van der Waals surface area contributed by atoms with Crippen molar-refractivity contribution in [3.05, 3.63) is 78.0 Å². The Bertz CT molecular complexity index is 1080. The molecule has 7 heteroatoms. The molecule has 0 aliphatic carbocycles. The van der Waals surface area contributed by atoms with Crippen molar-refractivity contribution in [2.75, 3.05) is 41.7 Å². The highest BCUT2D eigenvalue weighted by Gasteiger charge is 2.19. The Kier molecular flexibility index (Phi) is 7.65. The zero-order chi connectivity index (χ0) is 23.9. The normalized spacial score (nSPS) is 14.3. The van der Waals surface area contributed by atoms with Gasteiger partial charge in [0, 0.05) is 73.7 Å². The third-order valence-corrected chi connectivity index (χ3v) is 6.23. The molecule has 2 heterocycles. The minimum atomic E-state index is -0.380. The fraction of sp³-hybridized carbons (Fsp3) is 0.333. The van der Waals surface area contributed by atoms with Crippen molar-refractivity contribution < 1.29 is 4.79 Å². The Balaban J connectivity index is 1.43. The molecule has 1 saturated heterocycles. The zero-order valence-corrected chi connectivity index (χ0v) is 20.0. The van der Waals surface area contributed by atoms with Crippen LogP contribution in [0.25, 0.3) is 0 Å². The third kappa shape index (κ3) is 6.26. The van der Waals surface area contributed by atoms with Gasteiger partial charge in [0.1, 0.15) is 5.82 Å². The highest BCUT2D eigenvalue weighted by atomic mass is 16.1. The lowest BCUT2D eigenvalue weighted by atomic mass is 10.1. The average molecular weight is 459 g/mol. The fourth-order valence-electron chi connectivity index (χ4n) is 4.24. The Labute approximate surface area is 202 Å². The summed E-state index contributed by atoms with van der Waals surface area (Å²) in [4.78, 5) is 21.0. The average Bonchev–Trinajstić information content (AvgIpc) is 2.85. The molecule has 7 nitrogen and oxygen atoms in total.